The number of hydrogen-bond donors (Lipinski definition) is 3. The standard InChI is InChI=1S/C46H93NO3/c1-3-5-7-9-11-13-15-17-18-19-20-21-22-23-24-25-26-27-28-30-32-34-36-38-40-42-46(50)47-44(43-48)45(49)41-39-37-35-33-31-29-16-14-12-10-8-6-4-2/h44-45,48-49H,3-43H2,1-2H3,(H,47,50)/t44-,45+/m0/s1. The fraction of sp³-hybridized carbons (Fsp3) is 0.978. The SMILES string of the molecule is CCCCCCCCCCCCCCCCCCCCCCCCCCCC(=O)N[C@@H](CO)[C@H](O)CCCCCCCCCCCCCCC. The Morgan fingerprint density at radius 3 is 0.900 bits per heavy atom. The van der Waals surface area contributed by atoms with E-state index in [0.717, 1.165) is 25.7 Å². The molecule has 0 spiro atoms. The lowest BCUT2D eigenvalue weighted by Crippen LogP contribution is -2.45. The molecule has 0 saturated carbocycles. The Morgan fingerprint density at radius 2 is 0.640 bits per heavy atom. The number of carbonyl (C=O) groups is 1. The van der Waals surface area contributed by atoms with E-state index in [1.807, 2.05) is 0 Å². The Balaban J connectivity index is 3.41. The van der Waals surface area contributed by atoms with Gasteiger partial charge in [0.15, 0.2) is 0 Å². The smallest absolute Gasteiger partial charge is 0.220 e. The van der Waals surface area contributed by atoms with Gasteiger partial charge in [0, 0.05) is 6.42 Å². The summed E-state index contributed by atoms with van der Waals surface area (Å²) in [5.74, 6) is -0.0254. The van der Waals surface area contributed by atoms with Crippen molar-refractivity contribution in [1.29, 1.82) is 0 Å². The lowest BCUT2D eigenvalue weighted by Gasteiger charge is -2.22. The molecule has 0 aromatic rings. The Kier molecular flexibility index (Phi) is 42.3. The van der Waals surface area contributed by atoms with Gasteiger partial charge >= 0.3 is 0 Å². The molecule has 0 radical (unpaired) electrons. The van der Waals surface area contributed by atoms with E-state index < -0.39 is 12.1 Å². The highest BCUT2D eigenvalue weighted by Crippen LogP contribution is 2.17. The molecule has 2 atom stereocenters. The maximum absolute atomic E-state index is 12.4. The first kappa shape index (κ1) is 49.4. The van der Waals surface area contributed by atoms with Crippen LogP contribution in [0.3, 0.4) is 0 Å². The Hall–Kier alpha value is -0.610. The quantitative estimate of drug-likeness (QED) is 0.0553. The van der Waals surface area contributed by atoms with Gasteiger partial charge in [0.2, 0.25) is 5.91 Å². The van der Waals surface area contributed by atoms with E-state index in [4.69, 9.17) is 0 Å². The second kappa shape index (κ2) is 42.8. The van der Waals surface area contributed by atoms with Crippen LogP contribution in [0.25, 0.3) is 0 Å². The second-order valence-corrected chi connectivity index (χ2v) is 16.2. The molecule has 4 heteroatoms. The third-order valence-electron chi connectivity index (χ3n) is 11.1. The minimum atomic E-state index is -0.652. The van der Waals surface area contributed by atoms with Crippen LogP contribution in [-0.4, -0.2) is 34.9 Å². The average Bonchev–Trinajstić information content (AvgIpc) is 3.12. The molecule has 0 saturated heterocycles. The van der Waals surface area contributed by atoms with Gasteiger partial charge in [-0.1, -0.05) is 251 Å². The number of unbranched alkanes of at least 4 members (excludes halogenated alkanes) is 36. The van der Waals surface area contributed by atoms with E-state index in [0.29, 0.717) is 12.8 Å². The summed E-state index contributed by atoms with van der Waals surface area (Å²) in [5, 5.41) is 23.2. The summed E-state index contributed by atoms with van der Waals surface area (Å²) in [4.78, 5) is 12.4. The summed E-state index contributed by atoms with van der Waals surface area (Å²) in [6.07, 6.45) is 51.9. The summed E-state index contributed by atoms with van der Waals surface area (Å²) in [6.45, 7) is 4.38. The summed E-state index contributed by atoms with van der Waals surface area (Å²) < 4.78 is 0. The molecule has 0 fully saturated rings. The zero-order valence-corrected chi connectivity index (χ0v) is 34.4. The van der Waals surface area contributed by atoms with E-state index in [-0.39, 0.29) is 12.5 Å². The summed E-state index contributed by atoms with van der Waals surface area (Å²) in [7, 11) is 0. The molecule has 0 aromatic heterocycles. The lowest BCUT2D eigenvalue weighted by atomic mass is 10.0. The van der Waals surface area contributed by atoms with Crippen molar-refractivity contribution in [2.45, 2.75) is 283 Å². The van der Waals surface area contributed by atoms with Crippen LogP contribution >= 0.6 is 0 Å². The van der Waals surface area contributed by atoms with Gasteiger partial charge in [-0.15, -0.1) is 0 Å². The molecule has 3 N–H and O–H groups in total. The van der Waals surface area contributed by atoms with Gasteiger partial charge in [0.25, 0.3) is 0 Å². The van der Waals surface area contributed by atoms with Gasteiger partial charge in [0.05, 0.1) is 18.8 Å². The molecule has 0 aliphatic heterocycles. The fourth-order valence-corrected chi connectivity index (χ4v) is 7.54. The number of aliphatic hydroxyl groups excluding tert-OH is 2. The average molecular weight is 708 g/mol. The van der Waals surface area contributed by atoms with Crippen LogP contribution in [0.4, 0.5) is 0 Å². The van der Waals surface area contributed by atoms with Crippen LogP contribution in [0.5, 0.6) is 0 Å². The number of nitrogens with one attached hydrogen (secondary N) is 1. The number of aliphatic hydroxyl groups is 2. The van der Waals surface area contributed by atoms with Gasteiger partial charge in [-0.3, -0.25) is 4.79 Å². The van der Waals surface area contributed by atoms with Gasteiger partial charge in [-0.2, -0.15) is 0 Å². The van der Waals surface area contributed by atoms with Crippen LogP contribution in [0.15, 0.2) is 0 Å². The fourth-order valence-electron chi connectivity index (χ4n) is 7.54. The van der Waals surface area contributed by atoms with Crippen molar-refractivity contribution in [2.75, 3.05) is 6.61 Å². The van der Waals surface area contributed by atoms with Gasteiger partial charge in [0.1, 0.15) is 0 Å². The van der Waals surface area contributed by atoms with Crippen LogP contribution in [0.1, 0.15) is 271 Å². The second-order valence-electron chi connectivity index (χ2n) is 16.2. The lowest BCUT2D eigenvalue weighted by molar-refractivity contribution is -0.123. The summed E-state index contributed by atoms with van der Waals surface area (Å²) in [5.41, 5.74) is 0. The molecule has 0 aromatic carbocycles. The first-order chi connectivity index (χ1) is 24.7. The molecule has 0 bridgehead atoms. The first-order valence-corrected chi connectivity index (χ1v) is 23.2. The van der Waals surface area contributed by atoms with Gasteiger partial charge in [-0.25, -0.2) is 0 Å². The molecular formula is C46H93NO3. The van der Waals surface area contributed by atoms with E-state index in [2.05, 4.69) is 19.2 Å². The molecule has 4 nitrogen and oxygen atoms in total. The van der Waals surface area contributed by atoms with Crippen molar-refractivity contribution in [2.24, 2.45) is 0 Å². The van der Waals surface area contributed by atoms with Crippen LogP contribution in [-0.2, 0) is 4.79 Å². The predicted molar refractivity (Wildman–Crippen MR) is 221 cm³/mol. The number of amides is 1. The van der Waals surface area contributed by atoms with E-state index in [1.54, 1.807) is 0 Å². The molecule has 50 heavy (non-hydrogen) atoms. The van der Waals surface area contributed by atoms with Crippen LogP contribution < -0.4 is 5.32 Å². The maximum atomic E-state index is 12.4. The van der Waals surface area contributed by atoms with Crippen molar-refractivity contribution in [1.82, 2.24) is 5.32 Å². The molecule has 0 heterocycles. The topological polar surface area (TPSA) is 69.6 Å². The normalized spacial score (nSPS) is 12.8. The minimum Gasteiger partial charge on any atom is -0.394 e. The zero-order valence-electron chi connectivity index (χ0n) is 34.4. The number of rotatable bonds is 43. The Morgan fingerprint density at radius 1 is 0.400 bits per heavy atom. The highest BCUT2D eigenvalue weighted by Gasteiger charge is 2.20. The molecular weight excluding hydrogens is 615 g/mol. The van der Waals surface area contributed by atoms with Crippen molar-refractivity contribution < 1.29 is 15.0 Å². The number of hydrogen-bond acceptors (Lipinski definition) is 3. The largest absolute Gasteiger partial charge is 0.394 e. The van der Waals surface area contributed by atoms with Crippen LogP contribution in [0.2, 0.25) is 0 Å². The highest BCUT2D eigenvalue weighted by molar-refractivity contribution is 5.76. The first-order valence-electron chi connectivity index (χ1n) is 23.2. The van der Waals surface area contributed by atoms with Crippen molar-refractivity contribution in [3.05, 3.63) is 0 Å². The monoisotopic (exact) mass is 708 g/mol. The molecule has 0 aliphatic carbocycles. The van der Waals surface area contributed by atoms with Crippen molar-refractivity contribution >= 4 is 5.91 Å². The van der Waals surface area contributed by atoms with Gasteiger partial charge < -0.3 is 15.5 Å². The molecule has 300 valence electrons. The Bertz CT molecular complexity index is 641. The third kappa shape index (κ3) is 38.6. The van der Waals surface area contributed by atoms with Crippen molar-refractivity contribution in [3.63, 3.8) is 0 Å². The summed E-state index contributed by atoms with van der Waals surface area (Å²) in [6, 6.07) is -0.529. The van der Waals surface area contributed by atoms with Crippen LogP contribution in [0, 0.1) is 0 Å². The molecule has 0 rings (SSSR count). The summed E-state index contributed by atoms with van der Waals surface area (Å²) >= 11 is 0. The third-order valence-corrected chi connectivity index (χ3v) is 11.1. The maximum Gasteiger partial charge on any atom is 0.220 e. The number of carbonyl (C=O) groups excluding carboxylic acids is 1. The van der Waals surface area contributed by atoms with E-state index >= 15 is 0 Å². The highest BCUT2D eigenvalue weighted by atomic mass is 16.3. The molecule has 1 amide bonds. The van der Waals surface area contributed by atoms with Crippen molar-refractivity contribution in [3.8, 4) is 0 Å². The molecule has 0 unspecified atom stereocenters. The van der Waals surface area contributed by atoms with E-state index in [9.17, 15) is 15.0 Å². The van der Waals surface area contributed by atoms with E-state index in [1.165, 1.54) is 218 Å². The predicted octanol–water partition coefficient (Wildman–Crippen LogP) is 14.5. The van der Waals surface area contributed by atoms with Gasteiger partial charge in [-0.05, 0) is 12.8 Å². The zero-order chi connectivity index (χ0) is 36.4. The Labute approximate surface area is 314 Å². The minimum absolute atomic E-state index is 0.0254. The molecule has 0 aliphatic rings.